The quantitative estimate of drug-likeness (QED) is 0.627. The van der Waals surface area contributed by atoms with Gasteiger partial charge in [0.05, 0.1) is 5.75 Å². The van der Waals surface area contributed by atoms with E-state index in [1.54, 1.807) is 11.8 Å². The molecule has 19 heavy (non-hydrogen) atoms. The first kappa shape index (κ1) is 14.4. The summed E-state index contributed by atoms with van der Waals surface area (Å²) in [7, 11) is 0. The summed E-state index contributed by atoms with van der Waals surface area (Å²) in [6.45, 7) is 0.700. The second-order valence-corrected chi connectivity index (χ2v) is 5.58. The Kier molecular flexibility index (Phi) is 5.69. The number of thioether (sulfide) groups is 1. The van der Waals surface area contributed by atoms with Gasteiger partial charge in [0.15, 0.2) is 5.82 Å². The number of nitrogens with two attached hydrogens (primary N) is 1. The van der Waals surface area contributed by atoms with E-state index in [-0.39, 0.29) is 0 Å². The maximum Gasteiger partial charge on any atom is 0.226 e. The minimum absolute atomic E-state index is 0.681. The molecule has 0 saturated heterocycles. The van der Waals surface area contributed by atoms with Crippen molar-refractivity contribution in [1.29, 1.82) is 0 Å². The minimum Gasteiger partial charge on any atom is -0.339 e. The Labute approximate surface area is 121 Å². The van der Waals surface area contributed by atoms with Gasteiger partial charge in [-0.05, 0) is 37.6 Å². The number of benzene rings is 1. The molecule has 0 aliphatic rings. The van der Waals surface area contributed by atoms with Crippen molar-refractivity contribution >= 4 is 23.4 Å². The lowest BCUT2D eigenvalue weighted by atomic mass is 10.2. The second kappa shape index (κ2) is 7.53. The van der Waals surface area contributed by atoms with E-state index in [4.69, 9.17) is 21.9 Å². The summed E-state index contributed by atoms with van der Waals surface area (Å²) >= 11 is 7.57. The minimum atomic E-state index is 0.681. The summed E-state index contributed by atoms with van der Waals surface area (Å²) in [6, 6.07) is 7.72. The van der Waals surface area contributed by atoms with Crippen LogP contribution in [0.5, 0.6) is 0 Å². The van der Waals surface area contributed by atoms with E-state index in [1.165, 1.54) is 0 Å². The Morgan fingerprint density at radius 1 is 1.32 bits per heavy atom. The van der Waals surface area contributed by atoms with Gasteiger partial charge in [0, 0.05) is 16.3 Å². The third kappa shape index (κ3) is 4.86. The third-order valence-corrected chi connectivity index (χ3v) is 3.74. The molecule has 4 nitrogen and oxygen atoms in total. The molecule has 0 unspecified atom stereocenters. The van der Waals surface area contributed by atoms with Crippen molar-refractivity contribution in [2.45, 2.75) is 29.9 Å². The standard InChI is InChI=1S/C13H16ClN3OS/c14-10-4-3-5-11(8-10)19-9-12-16-13(18-17-12)6-1-2-7-15/h3-5,8H,1-2,6-7,9,15H2. The van der Waals surface area contributed by atoms with Crippen LogP contribution in [0.2, 0.25) is 5.02 Å². The lowest BCUT2D eigenvalue weighted by Gasteiger charge is -1.98. The normalized spacial score (nSPS) is 10.8. The topological polar surface area (TPSA) is 64.9 Å². The van der Waals surface area contributed by atoms with Crippen molar-refractivity contribution in [2.75, 3.05) is 6.54 Å². The van der Waals surface area contributed by atoms with Gasteiger partial charge < -0.3 is 10.3 Å². The SMILES string of the molecule is NCCCCc1nc(CSc2cccc(Cl)c2)no1. The molecule has 1 heterocycles. The lowest BCUT2D eigenvalue weighted by molar-refractivity contribution is 0.371. The highest BCUT2D eigenvalue weighted by Crippen LogP contribution is 2.24. The fourth-order valence-electron chi connectivity index (χ4n) is 1.58. The fourth-order valence-corrected chi connectivity index (χ4v) is 2.63. The molecule has 2 N–H and O–H groups in total. The predicted molar refractivity (Wildman–Crippen MR) is 77.3 cm³/mol. The average molecular weight is 298 g/mol. The van der Waals surface area contributed by atoms with Gasteiger partial charge in [-0.25, -0.2) is 0 Å². The molecule has 0 bridgehead atoms. The van der Waals surface area contributed by atoms with Crippen molar-refractivity contribution < 1.29 is 4.52 Å². The maximum absolute atomic E-state index is 5.93. The van der Waals surface area contributed by atoms with Gasteiger partial charge in [-0.15, -0.1) is 11.8 Å². The highest BCUT2D eigenvalue weighted by molar-refractivity contribution is 7.98. The number of rotatable bonds is 7. The van der Waals surface area contributed by atoms with E-state index in [2.05, 4.69) is 10.1 Å². The van der Waals surface area contributed by atoms with Gasteiger partial charge in [0.2, 0.25) is 5.89 Å². The van der Waals surface area contributed by atoms with Crippen LogP contribution in [-0.2, 0) is 12.2 Å². The Hall–Kier alpha value is -1.04. The van der Waals surface area contributed by atoms with Crippen LogP contribution in [-0.4, -0.2) is 16.7 Å². The van der Waals surface area contributed by atoms with Crippen LogP contribution in [0, 0.1) is 0 Å². The van der Waals surface area contributed by atoms with Crippen LogP contribution in [0.4, 0.5) is 0 Å². The first-order valence-electron chi connectivity index (χ1n) is 6.18. The molecule has 0 atom stereocenters. The molecule has 2 rings (SSSR count). The number of nitrogens with zero attached hydrogens (tertiary/aromatic N) is 2. The molecular formula is C13H16ClN3OS. The Bertz CT molecular complexity index is 518. The molecule has 0 aliphatic heterocycles. The van der Waals surface area contributed by atoms with E-state index in [0.29, 0.717) is 24.0 Å². The number of unbranched alkanes of at least 4 members (excludes halogenated alkanes) is 1. The fraction of sp³-hybridized carbons (Fsp3) is 0.385. The first-order chi connectivity index (χ1) is 9.28. The average Bonchev–Trinajstić information content (AvgIpc) is 2.85. The van der Waals surface area contributed by atoms with Gasteiger partial charge in [0.1, 0.15) is 0 Å². The predicted octanol–water partition coefficient (Wildman–Crippen LogP) is 3.30. The molecule has 2 aromatic rings. The summed E-state index contributed by atoms with van der Waals surface area (Å²) in [6.07, 6.45) is 2.76. The smallest absolute Gasteiger partial charge is 0.226 e. The van der Waals surface area contributed by atoms with Crippen LogP contribution < -0.4 is 5.73 Å². The molecule has 1 aromatic carbocycles. The summed E-state index contributed by atoms with van der Waals surface area (Å²) in [5.74, 6) is 2.09. The highest BCUT2D eigenvalue weighted by Gasteiger charge is 2.06. The summed E-state index contributed by atoms with van der Waals surface area (Å²) in [5.41, 5.74) is 5.44. The second-order valence-electron chi connectivity index (χ2n) is 4.10. The Morgan fingerprint density at radius 3 is 3.00 bits per heavy atom. The summed E-state index contributed by atoms with van der Waals surface area (Å²) < 4.78 is 5.18. The van der Waals surface area contributed by atoms with Crippen LogP contribution in [0.1, 0.15) is 24.6 Å². The summed E-state index contributed by atoms with van der Waals surface area (Å²) in [5, 5.41) is 4.70. The van der Waals surface area contributed by atoms with E-state index >= 15 is 0 Å². The monoisotopic (exact) mass is 297 g/mol. The molecule has 0 amide bonds. The maximum atomic E-state index is 5.93. The van der Waals surface area contributed by atoms with Gasteiger partial charge in [-0.1, -0.05) is 22.8 Å². The van der Waals surface area contributed by atoms with Crippen LogP contribution in [0.25, 0.3) is 0 Å². The van der Waals surface area contributed by atoms with Crippen LogP contribution in [0.3, 0.4) is 0 Å². The van der Waals surface area contributed by atoms with E-state index in [9.17, 15) is 0 Å². The number of halogens is 1. The number of hydrogen-bond acceptors (Lipinski definition) is 5. The van der Waals surface area contributed by atoms with Crippen molar-refractivity contribution in [1.82, 2.24) is 10.1 Å². The zero-order valence-corrected chi connectivity index (χ0v) is 12.1. The highest BCUT2D eigenvalue weighted by atomic mass is 35.5. The van der Waals surface area contributed by atoms with Gasteiger partial charge >= 0.3 is 0 Å². The van der Waals surface area contributed by atoms with Gasteiger partial charge in [-0.2, -0.15) is 4.98 Å². The third-order valence-electron chi connectivity index (χ3n) is 2.52. The molecule has 1 aromatic heterocycles. The van der Waals surface area contributed by atoms with E-state index in [1.807, 2.05) is 24.3 Å². The van der Waals surface area contributed by atoms with Crippen LogP contribution in [0.15, 0.2) is 33.7 Å². The van der Waals surface area contributed by atoms with Crippen LogP contribution >= 0.6 is 23.4 Å². The summed E-state index contributed by atoms with van der Waals surface area (Å²) in [4.78, 5) is 5.45. The first-order valence-corrected chi connectivity index (χ1v) is 7.54. The number of aromatic nitrogens is 2. The van der Waals surface area contributed by atoms with Crippen molar-refractivity contribution in [2.24, 2.45) is 5.73 Å². The molecule has 0 fully saturated rings. The molecule has 0 spiro atoms. The Morgan fingerprint density at radius 2 is 2.21 bits per heavy atom. The molecule has 0 aliphatic carbocycles. The van der Waals surface area contributed by atoms with Gasteiger partial charge in [-0.3, -0.25) is 0 Å². The van der Waals surface area contributed by atoms with Crippen molar-refractivity contribution in [3.63, 3.8) is 0 Å². The lowest BCUT2D eigenvalue weighted by Crippen LogP contribution is -1.99. The molecule has 0 radical (unpaired) electrons. The molecule has 102 valence electrons. The zero-order chi connectivity index (χ0) is 13.5. The number of aryl methyl sites for hydroxylation is 1. The van der Waals surface area contributed by atoms with Crippen molar-refractivity contribution in [3.05, 3.63) is 41.0 Å². The number of hydrogen-bond donors (Lipinski definition) is 1. The van der Waals surface area contributed by atoms with E-state index in [0.717, 1.165) is 29.2 Å². The van der Waals surface area contributed by atoms with E-state index < -0.39 is 0 Å². The van der Waals surface area contributed by atoms with Crippen molar-refractivity contribution in [3.8, 4) is 0 Å². The molecular weight excluding hydrogens is 282 g/mol. The largest absolute Gasteiger partial charge is 0.339 e. The Balaban J connectivity index is 1.83. The molecule has 6 heteroatoms. The zero-order valence-electron chi connectivity index (χ0n) is 10.5. The van der Waals surface area contributed by atoms with Gasteiger partial charge in [0.25, 0.3) is 0 Å². The molecule has 0 saturated carbocycles.